The zero-order valence-electron chi connectivity index (χ0n) is 15.6. The van der Waals surface area contributed by atoms with Gasteiger partial charge in [-0.3, -0.25) is 14.2 Å². The van der Waals surface area contributed by atoms with Crippen LogP contribution in [0.15, 0.2) is 18.5 Å². The smallest absolute Gasteiger partial charge is 0.331 e. The summed E-state index contributed by atoms with van der Waals surface area (Å²) < 4.78 is 42.6. The van der Waals surface area contributed by atoms with Crippen LogP contribution in [0.1, 0.15) is 72.2 Å². The van der Waals surface area contributed by atoms with Crippen LogP contribution in [0, 0.1) is 0 Å². The molecular weight excluding hydrogens is 371 g/mol. The molecule has 2 aromatic heterocycles. The number of piperidine rings is 1. The number of amides is 1. The van der Waals surface area contributed by atoms with Gasteiger partial charge in [-0.05, 0) is 50.0 Å². The number of aryl methyl sites for hydroxylation is 1. The zero-order chi connectivity index (χ0) is 19.6. The molecule has 4 heterocycles. The van der Waals surface area contributed by atoms with Crippen LogP contribution in [-0.2, 0) is 13.2 Å². The summed E-state index contributed by atoms with van der Waals surface area (Å²) in [5, 5.41) is 7.97. The lowest BCUT2D eigenvalue weighted by Crippen LogP contribution is -2.46. The van der Waals surface area contributed by atoms with Crippen molar-refractivity contribution in [1.29, 1.82) is 0 Å². The van der Waals surface area contributed by atoms with Crippen LogP contribution in [0.3, 0.4) is 0 Å². The number of fused-ring (bicyclic) bond motifs is 2. The zero-order valence-corrected chi connectivity index (χ0v) is 15.6. The second kappa shape index (κ2) is 6.09. The Bertz CT molecular complexity index is 899. The number of aromatic nitrogens is 4. The van der Waals surface area contributed by atoms with E-state index in [1.54, 1.807) is 4.68 Å². The van der Waals surface area contributed by atoms with Crippen molar-refractivity contribution in [1.82, 2.24) is 24.5 Å². The fourth-order valence-electron chi connectivity index (χ4n) is 4.85. The molecule has 2 atom stereocenters. The van der Waals surface area contributed by atoms with Gasteiger partial charge >= 0.3 is 6.18 Å². The van der Waals surface area contributed by atoms with E-state index in [2.05, 4.69) is 10.2 Å². The molecule has 0 radical (unpaired) electrons. The molecular formula is C19H22F3N5O. The fourth-order valence-corrected chi connectivity index (χ4v) is 4.85. The maximum atomic E-state index is 13.3. The summed E-state index contributed by atoms with van der Waals surface area (Å²) in [7, 11) is 1.88. The van der Waals surface area contributed by atoms with E-state index in [0.717, 1.165) is 44.6 Å². The van der Waals surface area contributed by atoms with Gasteiger partial charge in [0.15, 0.2) is 5.69 Å². The molecule has 9 heteroatoms. The molecule has 1 saturated carbocycles. The van der Waals surface area contributed by atoms with Gasteiger partial charge < -0.3 is 4.90 Å². The Hall–Kier alpha value is -2.32. The van der Waals surface area contributed by atoms with Crippen LogP contribution < -0.4 is 0 Å². The van der Waals surface area contributed by atoms with E-state index in [1.165, 1.54) is 10.2 Å². The lowest BCUT2D eigenvalue weighted by atomic mass is 9.86. The summed E-state index contributed by atoms with van der Waals surface area (Å²) in [6.07, 6.45) is 4.35. The van der Waals surface area contributed by atoms with Crippen LogP contribution in [0.4, 0.5) is 13.2 Å². The van der Waals surface area contributed by atoms with Gasteiger partial charge in [0, 0.05) is 31.4 Å². The molecule has 2 saturated heterocycles. The SMILES string of the molecule is Cn1cc(C2CC3CCC(C2)N3C(=O)c2cc(C(F)(F)F)nn2C2CC2)cn1. The van der Waals surface area contributed by atoms with Crippen molar-refractivity contribution in [3.63, 3.8) is 0 Å². The molecule has 1 amide bonds. The van der Waals surface area contributed by atoms with E-state index in [1.807, 2.05) is 24.3 Å². The summed E-state index contributed by atoms with van der Waals surface area (Å²) in [5.41, 5.74) is 0.292. The number of rotatable bonds is 3. The average Bonchev–Trinajstić information content (AvgIpc) is 3.11. The molecule has 28 heavy (non-hydrogen) atoms. The number of alkyl halides is 3. The van der Waals surface area contributed by atoms with Crippen molar-refractivity contribution in [3.8, 4) is 0 Å². The van der Waals surface area contributed by atoms with E-state index >= 15 is 0 Å². The van der Waals surface area contributed by atoms with Crippen molar-refractivity contribution in [3.05, 3.63) is 35.4 Å². The summed E-state index contributed by atoms with van der Waals surface area (Å²) >= 11 is 0. The first kappa shape index (κ1) is 17.8. The number of carbonyl (C=O) groups is 1. The maximum absolute atomic E-state index is 13.3. The van der Waals surface area contributed by atoms with Crippen LogP contribution in [-0.4, -0.2) is 42.5 Å². The Kier molecular flexibility index (Phi) is 3.86. The van der Waals surface area contributed by atoms with Gasteiger partial charge in [0.2, 0.25) is 0 Å². The molecule has 2 aromatic rings. The number of nitrogens with zero attached hydrogens (tertiary/aromatic N) is 5. The van der Waals surface area contributed by atoms with E-state index < -0.39 is 11.9 Å². The molecule has 2 unspecified atom stereocenters. The minimum atomic E-state index is -4.54. The van der Waals surface area contributed by atoms with Crippen molar-refractivity contribution in [2.75, 3.05) is 0 Å². The van der Waals surface area contributed by atoms with E-state index in [0.29, 0.717) is 5.92 Å². The molecule has 0 spiro atoms. The summed E-state index contributed by atoms with van der Waals surface area (Å²) in [5.74, 6) is 0.0429. The largest absolute Gasteiger partial charge is 0.435 e. The Balaban J connectivity index is 1.42. The standard InChI is InChI=1S/C19H22F3N5O/c1-25-10-12(9-23-25)11-6-14-4-5-15(7-11)26(14)18(28)16-8-17(19(20,21)22)24-27(16)13-2-3-13/h8-11,13-15H,2-7H2,1H3. The number of hydrogen-bond acceptors (Lipinski definition) is 3. The van der Waals surface area contributed by atoms with Crippen LogP contribution in [0.25, 0.3) is 0 Å². The first-order valence-electron chi connectivity index (χ1n) is 9.79. The van der Waals surface area contributed by atoms with Gasteiger partial charge in [-0.15, -0.1) is 0 Å². The van der Waals surface area contributed by atoms with Gasteiger partial charge in [0.1, 0.15) is 5.69 Å². The Morgan fingerprint density at radius 1 is 1.11 bits per heavy atom. The number of hydrogen-bond donors (Lipinski definition) is 0. The molecule has 3 fully saturated rings. The summed E-state index contributed by atoms with van der Waals surface area (Å²) in [4.78, 5) is 15.1. The Labute approximate surface area is 160 Å². The highest BCUT2D eigenvalue weighted by atomic mass is 19.4. The molecule has 1 aliphatic carbocycles. The van der Waals surface area contributed by atoms with Gasteiger partial charge in [-0.1, -0.05) is 0 Å². The highest BCUT2D eigenvalue weighted by Crippen LogP contribution is 2.45. The van der Waals surface area contributed by atoms with Crippen molar-refractivity contribution in [2.45, 2.75) is 68.7 Å². The van der Waals surface area contributed by atoms with E-state index in [4.69, 9.17) is 0 Å². The van der Waals surface area contributed by atoms with Crippen LogP contribution in [0.2, 0.25) is 0 Å². The third-order valence-corrected chi connectivity index (χ3v) is 6.30. The van der Waals surface area contributed by atoms with Crippen molar-refractivity contribution in [2.24, 2.45) is 7.05 Å². The first-order valence-corrected chi connectivity index (χ1v) is 9.79. The topological polar surface area (TPSA) is 56.0 Å². The van der Waals surface area contributed by atoms with Crippen molar-refractivity contribution >= 4 is 5.91 Å². The second-order valence-corrected chi connectivity index (χ2v) is 8.30. The van der Waals surface area contributed by atoms with Crippen molar-refractivity contribution < 1.29 is 18.0 Å². The monoisotopic (exact) mass is 393 g/mol. The number of halogens is 3. The molecule has 0 aromatic carbocycles. The van der Waals surface area contributed by atoms with Crippen LogP contribution in [0.5, 0.6) is 0 Å². The predicted octanol–water partition coefficient (Wildman–Crippen LogP) is 3.52. The Morgan fingerprint density at radius 3 is 2.29 bits per heavy atom. The molecule has 5 rings (SSSR count). The molecule has 6 nitrogen and oxygen atoms in total. The van der Waals surface area contributed by atoms with E-state index in [9.17, 15) is 18.0 Å². The highest BCUT2D eigenvalue weighted by Gasteiger charge is 2.46. The molecule has 2 bridgehead atoms. The highest BCUT2D eigenvalue weighted by molar-refractivity contribution is 5.93. The normalized spacial score (nSPS) is 27.4. The van der Waals surface area contributed by atoms with Gasteiger partial charge in [0.25, 0.3) is 5.91 Å². The van der Waals surface area contributed by atoms with Gasteiger partial charge in [-0.25, -0.2) is 0 Å². The third-order valence-electron chi connectivity index (χ3n) is 6.30. The van der Waals surface area contributed by atoms with Gasteiger partial charge in [0.05, 0.1) is 12.2 Å². The quantitative estimate of drug-likeness (QED) is 0.802. The molecule has 150 valence electrons. The first-order chi connectivity index (χ1) is 13.3. The molecule has 0 N–H and O–H groups in total. The average molecular weight is 393 g/mol. The summed E-state index contributed by atoms with van der Waals surface area (Å²) in [6, 6.07) is 0.982. The molecule has 2 aliphatic heterocycles. The number of carbonyl (C=O) groups excluding carboxylic acids is 1. The lowest BCUT2D eigenvalue weighted by molar-refractivity contribution is -0.141. The minimum absolute atomic E-state index is 0.0633. The predicted molar refractivity (Wildman–Crippen MR) is 93.7 cm³/mol. The lowest BCUT2D eigenvalue weighted by Gasteiger charge is -2.38. The minimum Gasteiger partial charge on any atom is -0.331 e. The summed E-state index contributed by atoms with van der Waals surface area (Å²) in [6.45, 7) is 0. The Morgan fingerprint density at radius 2 is 1.75 bits per heavy atom. The maximum Gasteiger partial charge on any atom is 0.435 e. The van der Waals surface area contributed by atoms with E-state index in [-0.39, 0.29) is 29.7 Å². The second-order valence-electron chi connectivity index (χ2n) is 8.30. The van der Waals surface area contributed by atoms with Gasteiger partial charge in [-0.2, -0.15) is 23.4 Å². The molecule has 3 aliphatic rings. The fraction of sp³-hybridized carbons (Fsp3) is 0.632. The third kappa shape index (κ3) is 2.91. The van der Waals surface area contributed by atoms with Crippen LogP contribution >= 0.6 is 0 Å².